The van der Waals surface area contributed by atoms with Crippen molar-refractivity contribution in [1.82, 2.24) is 34.4 Å². The summed E-state index contributed by atoms with van der Waals surface area (Å²) in [5.74, 6) is 2.00. The third-order valence-electron chi connectivity index (χ3n) is 6.94. The summed E-state index contributed by atoms with van der Waals surface area (Å²) in [6, 6.07) is 8.68. The summed E-state index contributed by atoms with van der Waals surface area (Å²) in [5, 5.41) is 4.54. The van der Waals surface area contributed by atoms with E-state index < -0.39 is 0 Å². The Morgan fingerprint density at radius 3 is 2.61 bits per heavy atom. The molecule has 9 heteroatoms. The fourth-order valence-electron chi connectivity index (χ4n) is 5.07. The van der Waals surface area contributed by atoms with Gasteiger partial charge in [-0.15, -0.1) is 0 Å². The molecule has 2 N–H and O–H groups in total. The van der Waals surface area contributed by atoms with E-state index in [0.29, 0.717) is 6.04 Å². The molecule has 6 heterocycles. The molecule has 36 heavy (non-hydrogen) atoms. The molecule has 0 unspecified atom stereocenters. The largest absolute Gasteiger partial charge is 0.354 e. The van der Waals surface area contributed by atoms with Crippen LogP contribution >= 0.6 is 0 Å². The fraction of sp³-hybridized carbons (Fsp3) is 0.333. The van der Waals surface area contributed by atoms with E-state index in [1.165, 1.54) is 0 Å². The number of likely N-dealkylation sites (N-methyl/N-ethyl adjacent to an activating group) is 1. The van der Waals surface area contributed by atoms with E-state index in [9.17, 15) is 0 Å². The lowest BCUT2D eigenvalue weighted by atomic mass is 10.1. The number of rotatable bonds is 5. The van der Waals surface area contributed by atoms with Crippen LogP contribution in [0.1, 0.15) is 25.7 Å². The van der Waals surface area contributed by atoms with E-state index >= 15 is 0 Å². The molecule has 0 saturated carbocycles. The zero-order chi connectivity index (χ0) is 24.8. The summed E-state index contributed by atoms with van der Waals surface area (Å²) in [6.45, 7) is 10.5. The highest BCUT2D eigenvalue weighted by Gasteiger charge is 2.17. The number of aromatic amines is 1. The van der Waals surface area contributed by atoms with Crippen LogP contribution in [0.3, 0.4) is 0 Å². The second-order valence-electron chi connectivity index (χ2n) is 9.82. The van der Waals surface area contributed by atoms with Gasteiger partial charge in [-0.25, -0.2) is 15.0 Å². The van der Waals surface area contributed by atoms with Crippen molar-refractivity contribution in [3.8, 4) is 11.3 Å². The summed E-state index contributed by atoms with van der Waals surface area (Å²) < 4.78 is 2.25. The summed E-state index contributed by atoms with van der Waals surface area (Å²) in [7, 11) is 2.16. The van der Waals surface area contributed by atoms with Crippen LogP contribution in [0.4, 0.5) is 17.2 Å². The van der Waals surface area contributed by atoms with Gasteiger partial charge < -0.3 is 24.7 Å². The summed E-state index contributed by atoms with van der Waals surface area (Å²) in [4.78, 5) is 26.7. The number of aromatic nitrogens is 6. The first-order valence-electron chi connectivity index (χ1n) is 12.4. The Kier molecular flexibility index (Phi) is 5.56. The SMILES string of the molecule is Cc1nc2cnc(-c3c[nH]c4ncc(Nc5ccnc(N6CCN(C)CC6)c5)cc34)cc2n1C(C)C. The molecule has 5 aromatic rings. The number of piperazine rings is 1. The molecular weight excluding hydrogens is 450 g/mol. The van der Waals surface area contributed by atoms with Crippen molar-refractivity contribution >= 4 is 39.3 Å². The molecule has 1 saturated heterocycles. The normalized spacial score (nSPS) is 14.9. The second kappa shape index (κ2) is 8.91. The molecule has 0 radical (unpaired) electrons. The first kappa shape index (κ1) is 22.5. The molecule has 1 fully saturated rings. The Hall–Kier alpha value is -3.98. The van der Waals surface area contributed by atoms with Crippen molar-refractivity contribution in [1.29, 1.82) is 0 Å². The van der Waals surface area contributed by atoms with Gasteiger partial charge in [0.25, 0.3) is 0 Å². The van der Waals surface area contributed by atoms with Gasteiger partial charge in [-0.1, -0.05) is 0 Å². The quantitative estimate of drug-likeness (QED) is 0.374. The zero-order valence-corrected chi connectivity index (χ0v) is 21.2. The zero-order valence-electron chi connectivity index (χ0n) is 21.2. The molecule has 9 nitrogen and oxygen atoms in total. The van der Waals surface area contributed by atoms with E-state index in [2.05, 4.69) is 78.7 Å². The molecule has 0 aliphatic carbocycles. The Morgan fingerprint density at radius 2 is 1.81 bits per heavy atom. The van der Waals surface area contributed by atoms with Crippen LogP contribution in [0.5, 0.6) is 0 Å². The van der Waals surface area contributed by atoms with Crippen molar-refractivity contribution in [2.75, 3.05) is 43.4 Å². The van der Waals surface area contributed by atoms with E-state index in [1.807, 2.05) is 37.8 Å². The minimum Gasteiger partial charge on any atom is -0.354 e. The number of H-pyrrole nitrogens is 1. The maximum atomic E-state index is 4.73. The van der Waals surface area contributed by atoms with Gasteiger partial charge in [0.2, 0.25) is 0 Å². The molecule has 0 amide bonds. The first-order valence-corrected chi connectivity index (χ1v) is 12.4. The average molecular weight is 482 g/mol. The predicted molar refractivity (Wildman–Crippen MR) is 145 cm³/mol. The van der Waals surface area contributed by atoms with Crippen LogP contribution in [0.2, 0.25) is 0 Å². The Balaban J connectivity index is 1.32. The number of hydrogen-bond acceptors (Lipinski definition) is 7. The van der Waals surface area contributed by atoms with Gasteiger partial charge in [0.15, 0.2) is 0 Å². The maximum absolute atomic E-state index is 4.73. The monoisotopic (exact) mass is 481 g/mol. The standard InChI is InChI=1S/C27H31N9/c1-17(2)36-18(3)32-24-16-29-23(13-25(24)36)22-15-31-27-21(22)11-20(14-30-27)33-19-5-6-28-26(12-19)35-9-7-34(4)8-10-35/h5-6,11-17H,7-10H2,1-4H3,(H,28,33)(H,30,31). The summed E-state index contributed by atoms with van der Waals surface area (Å²) in [6.07, 6.45) is 7.56. The maximum Gasteiger partial charge on any atom is 0.138 e. The van der Waals surface area contributed by atoms with E-state index in [1.54, 1.807) is 0 Å². The van der Waals surface area contributed by atoms with Gasteiger partial charge in [0, 0.05) is 67.3 Å². The van der Waals surface area contributed by atoms with Crippen molar-refractivity contribution in [3.05, 3.63) is 54.9 Å². The number of fused-ring (bicyclic) bond motifs is 2. The number of pyridine rings is 3. The molecule has 0 spiro atoms. The minimum absolute atomic E-state index is 0.321. The third-order valence-corrected chi connectivity index (χ3v) is 6.94. The number of aryl methyl sites for hydroxylation is 1. The van der Waals surface area contributed by atoms with Crippen LogP contribution in [0, 0.1) is 6.92 Å². The fourth-order valence-corrected chi connectivity index (χ4v) is 5.07. The molecule has 6 rings (SSSR count). The summed E-state index contributed by atoms with van der Waals surface area (Å²) in [5.41, 5.74) is 6.67. The number of anilines is 3. The molecule has 0 aromatic carbocycles. The van der Waals surface area contributed by atoms with Gasteiger partial charge in [0.1, 0.15) is 22.8 Å². The number of hydrogen-bond donors (Lipinski definition) is 2. The highest BCUT2D eigenvalue weighted by molar-refractivity contribution is 5.96. The van der Waals surface area contributed by atoms with E-state index in [-0.39, 0.29) is 0 Å². The molecule has 5 aromatic heterocycles. The molecule has 0 atom stereocenters. The highest BCUT2D eigenvalue weighted by Crippen LogP contribution is 2.32. The van der Waals surface area contributed by atoms with E-state index in [0.717, 1.165) is 82.5 Å². The van der Waals surface area contributed by atoms with Crippen molar-refractivity contribution < 1.29 is 0 Å². The van der Waals surface area contributed by atoms with Crippen LogP contribution in [-0.2, 0) is 0 Å². The lowest BCUT2D eigenvalue weighted by Gasteiger charge is -2.33. The Morgan fingerprint density at radius 1 is 0.972 bits per heavy atom. The lowest BCUT2D eigenvalue weighted by molar-refractivity contribution is 0.312. The molecule has 184 valence electrons. The number of imidazole rings is 1. The van der Waals surface area contributed by atoms with Crippen LogP contribution in [0.25, 0.3) is 33.3 Å². The molecular formula is C27H31N9. The third kappa shape index (κ3) is 4.05. The van der Waals surface area contributed by atoms with Crippen LogP contribution < -0.4 is 10.2 Å². The lowest BCUT2D eigenvalue weighted by Crippen LogP contribution is -2.44. The van der Waals surface area contributed by atoms with Gasteiger partial charge in [0.05, 0.1) is 29.3 Å². The molecule has 0 bridgehead atoms. The first-order chi connectivity index (χ1) is 17.5. The summed E-state index contributed by atoms with van der Waals surface area (Å²) >= 11 is 0. The predicted octanol–water partition coefficient (Wildman–Crippen LogP) is 4.75. The number of nitrogens with one attached hydrogen (secondary N) is 2. The van der Waals surface area contributed by atoms with Gasteiger partial charge in [-0.2, -0.15) is 0 Å². The average Bonchev–Trinajstić information content (AvgIpc) is 3.44. The minimum atomic E-state index is 0.321. The van der Waals surface area contributed by atoms with Crippen LogP contribution in [0.15, 0.2) is 49.1 Å². The van der Waals surface area contributed by atoms with Gasteiger partial charge >= 0.3 is 0 Å². The number of nitrogens with zero attached hydrogens (tertiary/aromatic N) is 7. The molecule has 1 aliphatic heterocycles. The van der Waals surface area contributed by atoms with Gasteiger partial charge in [-0.05, 0) is 46.0 Å². The van der Waals surface area contributed by atoms with Crippen molar-refractivity contribution in [2.45, 2.75) is 26.8 Å². The van der Waals surface area contributed by atoms with Gasteiger partial charge in [-0.3, -0.25) is 4.98 Å². The van der Waals surface area contributed by atoms with Crippen LogP contribution in [-0.4, -0.2) is 67.6 Å². The smallest absolute Gasteiger partial charge is 0.138 e. The highest BCUT2D eigenvalue weighted by atomic mass is 15.3. The van der Waals surface area contributed by atoms with Crippen molar-refractivity contribution in [3.63, 3.8) is 0 Å². The van der Waals surface area contributed by atoms with Crippen molar-refractivity contribution in [2.24, 2.45) is 0 Å². The Labute approximate surface area is 210 Å². The second-order valence-corrected chi connectivity index (χ2v) is 9.82. The molecule has 1 aliphatic rings. The van der Waals surface area contributed by atoms with E-state index in [4.69, 9.17) is 4.98 Å². The topological polar surface area (TPSA) is 90.8 Å². The Bertz CT molecular complexity index is 1540.